The molecule has 0 radical (unpaired) electrons. The van der Waals surface area contributed by atoms with Crippen molar-refractivity contribution in [1.82, 2.24) is 5.32 Å². The van der Waals surface area contributed by atoms with Crippen LogP contribution in [0.15, 0.2) is 83.4 Å². The first-order chi connectivity index (χ1) is 18.4. The van der Waals surface area contributed by atoms with Crippen LogP contribution in [-0.2, 0) is 14.3 Å². The van der Waals surface area contributed by atoms with Gasteiger partial charge in [0.15, 0.2) is 24.1 Å². The van der Waals surface area contributed by atoms with E-state index in [1.807, 2.05) is 30.3 Å². The molecule has 0 saturated heterocycles. The topological polar surface area (TPSA) is 124 Å². The molecule has 9 nitrogen and oxygen atoms in total. The highest BCUT2D eigenvalue weighted by Crippen LogP contribution is 2.38. The molecule has 0 fully saturated rings. The summed E-state index contributed by atoms with van der Waals surface area (Å²) in [5.74, 6) is -0.0701. The number of nitrogens with zero attached hydrogens (tertiary/aromatic N) is 1. The summed E-state index contributed by atoms with van der Waals surface area (Å²) in [6.07, 6.45) is 0. The number of anilines is 1. The van der Waals surface area contributed by atoms with Crippen molar-refractivity contribution < 1.29 is 23.8 Å². The van der Waals surface area contributed by atoms with Crippen LogP contribution in [0.25, 0.3) is 5.70 Å². The SMILES string of the molecule is CCOC(=O)C1=C(c2ccccc2)NC(N)=N[C@@H]1c1ccc(OCC(=O)Nc2ccccc2Cl)c(OC)c1. The molecule has 1 atom stereocenters. The lowest BCUT2D eigenvalue weighted by molar-refractivity contribution is -0.138. The molecule has 4 N–H and O–H groups in total. The molecule has 0 unspecified atom stereocenters. The molecule has 196 valence electrons. The van der Waals surface area contributed by atoms with Crippen molar-refractivity contribution in [2.45, 2.75) is 13.0 Å². The third kappa shape index (κ3) is 6.07. The second-order valence-electron chi connectivity index (χ2n) is 8.14. The number of aliphatic imine (C=N–C) groups is 1. The van der Waals surface area contributed by atoms with Gasteiger partial charge in [-0.1, -0.05) is 60.1 Å². The molecule has 3 aromatic rings. The highest BCUT2D eigenvalue weighted by molar-refractivity contribution is 6.33. The molecule has 1 amide bonds. The van der Waals surface area contributed by atoms with Gasteiger partial charge in [0.2, 0.25) is 0 Å². The Kier molecular flexibility index (Phi) is 8.50. The molecule has 0 bridgehead atoms. The van der Waals surface area contributed by atoms with Gasteiger partial charge in [0.05, 0.1) is 35.7 Å². The first kappa shape index (κ1) is 26.6. The average Bonchev–Trinajstić information content (AvgIpc) is 2.93. The largest absolute Gasteiger partial charge is 0.493 e. The quantitative estimate of drug-likeness (QED) is 0.350. The van der Waals surface area contributed by atoms with Crippen LogP contribution in [-0.4, -0.2) is 38.2 Å². The number of ether oxygens (including phenoxy) is 3. The van der Waals surface area contributed by atoms with E-state index in [4.69, 9.17) is 31.5 Å². The predicted octanol–water partition coefficient (Wildman–Crippen LogP) is 4.30. The maximum absolute atomic E-state index is 13.1. The van der Waals surface area contributed by atoms with Gasteiger partial charge in [0.1, 0.15) is 6.04 Å². The smallest absolute Gasteiger partial charge is 0.338 e. The Morgan fingerprint density at radius 3 is 2.50 bits per heavy atom. The number of methoxy groups -OCH3 is 1. The molecular weight excluding hydrogens is 508 g/mol. The second-order valence-corrected chi connectivity index (χ2v) is 8.55. The molecule has 38 heavy (non-hydrogen) atoms. The van der Waals surface area contributed by atoms with Gasteiger partial charge in [-0.3, -0.25) is 4.79 Å². The summed E-state index contributed by atoms with van der Waals surface area (Å²) in [5, 5.41) is 6.14. The Hall–Kier alpha value is -4.50. The Bertz CT molecular complexity index is 1390. The number of carbonyl (C=O) groups excluding carboxylic acids is 2. The Morgan fingerprint density at radius 1 is 1.05 bits per heavy atom. The summed E-state index contributed by atoms with van der Waals surface area (Å²) in [6, 6.07) is 20.5. The number of esters is 1. The number of benzene rings is 3. The molecule has 4 rings (SSSR count). The van der Waals surface area contributed by atoms with Crippen LogP contribution in [0, 0.1) is 0 Å². The summed E-state index contributed by atoms with van der Waals surface area (Å²) < 4.78 is 16.6. The van der Waals surface area contributed by atoms with Crippen LogP contribution in [0.4, 0.5) is 5.69 Å². The number of halogens is 1. The van der Waals surface area contributed by atoms with Crippen molar-refractivity contribution in [1.29, 1.82) is 0 Å². The third-order valence-corrected chi connectivity index (χ3v) is 5.96. The van der Waals surface area contributed by atoms with Crippen LogP contribution >= 0.6 is 11.6 Å². The van der Waals surface area contributed by atoms with Crippen molar-refractivity contribution in [3.05, 3.63) is 94.5 Å². The monoisotopic (exact) mass is 534 g/mol. The molecule has 0 saturated carbocycles. The zero-order chi connectivity index (χ0) is 27.1. The molecule has 3 aromatic carbocycles. The molecule has 0 spiro atoms. The summed E-state index contributed by atoms with van der Waals surface area (Å²) in [7, 11) is 1.48. The number of hydrogen-bond acceptors (Lipinski definition) is 8. The van der Waals surface area contributed by atoms with E-state index in [-0.39, 0.29) is 25.1 Å². The first-order valence-corrected chi connectivity index (χ1v) is 12.2. The lowest BCUT2D eigenvalue weighted by Gasteiger charge is -2.26. The molecule has 1 heterocycles. The summed E-state index contributed by atoms with van der Waals surface area (Å²) >= 11 is 6.10. The number of para-hydroxylation sites is 1. The Labute approximate surface area is 225 Å². The summed E-state index contributed by atoms with van der Waals surface area (Å²) in [5.41, 5.74) is 8.81. The van der Waals surface area contributed by atoms with E-state index in [1.165, 1.54) is 7.11 Å². The minimum absolute atomic E-state index is 0.150. The van der Waals surface area contributed by atoms with Gasteiger partial charge in [-0.05, 0) is 42.3 Å². The number of hydrogen-bond donors (Lipinski definition) is 3. The van der Waals surface area contributed by atoms with E-state index >= 15 is 0 Å². The van der Waals surface area contributed by atoms with E-state index in [1.54, 1.807) is 49.4 Å². The van der Waals surface area contributed by atoms with Gasteiger partial charge >= 0.3 is 5.97 Å². The summed E-state index contributed by atoms with van der Waals surface area (Å²) in [4.78, 5) is 30.0. The van der Waals surface area contributed by atoms with Crippen molar-refractivity contribution >= 4 is 40.8 Å². The molecule has 1 aliphatic rings. The molecule has 1 aliphatic heterocycles. The number of guanidine groups is 1. The highest BCUT2D eigenvalue weighted by Gasteiger charge is 2.32. The van der Waals surface area contributed by atoms with Gasteiger partial charge in [0.25, 0.3) is 5.91 Å². The van der Waals surface area contributed by atoms with Crippen molar-refractivity contribution in [3.63, 3.8) is 0 Å². The number of nitrogens with one attached hydrogen (secondary N) is 2. The fourth-order valence-corrected chi connectivity index (χ4v) is 4.11. The number of carbonyl (C=O) groups is 2. The number of amides is 1. The Morgan fingerprint density at radius 2 is 1.79 bits per heavy atom. The van der Waals surface area contributed by atoms with Crippen LogP contribution in [0.3, 0.4) is 0 Å². The minimum Gasteiger partial charge on any atom is -0.493 e. The average molecular weight is 535 g/mol. The summed E-state index contributed by atoms with van der Waals surface area (Å²) in [6.45, 7) is 1.66. The second kappa shape index (κ2) is 12.2. The van der Waals surface area contributed by atoms with Gasteiger partial charge in [-0.2, -0.15) is 0 Å². The fraction of sp³-hybridized carbons (Fsp3) is 0.179. The van der Waals surface area contributed by atoms with Gasteiger partial charge in [-0.15, -0.1) is 0 Å². The van der Waals surface area contributed by atoms with Crippen LogP contribution in [0.5, 0.6) is 11.5 Å². The normalized spacial score (nSPS) is 14.7. The van der Waals surface area contributed by atoms with Crippen molar-refractivity contribution in [2.75, 3.05) is 25.6 Å². The molecule has 0 aromatic heterocycles. The van der Waals surface area contributed by atoms with E-state index in [2.05, 4.69) is 15.6 Å². The number of nitrogens with two attached hydrogens (primary N) is 1. The maximum atomic E-state index is 13.1. The Balaban J connectivity index is 1.62. The molecule has 10 heteroatoms. The van der Waals surface area contributed by atoms with Crippen LogP contribution in [0.2, 0.25) is 5.02 Å². The van der Waals surface area contributed by atoms with Crippen LogP contribution < -0.4 is 25.8 Å². The van der Waals surface area contributed by atoms with E-state index in [9.17, 15) is 9.59 Å². The van der Waals surface area contributed by atoms with E-state index in [0.717, 1.165) is 5.56 Å². The minimum atomic E-state index is -0.767. The zero-order valence-corrected chi connectivity index (χ0v) is 21.6. The standard InChI is InChI=1S/C28H27ClN4O5/c1-3-37-27(35)24-25(17-9-5-4-6-10-17)32-28(30)33-26(24)18-13-14-21(22(15-18)36-2)38-16-23(34)31-20-12-8-7-11-19(20)29/h4-15,26H,3,16H2,1-2H3,(H,31,34)(H3,30,32,33)/t26-/m1/s1. The van der Waals surface area contributed by atoms with Gasteiger partial charge in [0, 0.05) is 0 Å². The zero-order valence-electron chi connectivity index (χ0n) is 20.9. The molecular formula is C28H27ClN4O5. The first-order valence-electron chi connectivity index (χ1n) is 11.8. The van der Waals surface area contributed by atoms with Gasteiger partial charge in [-0.25, -0.2) is 9.79 Å². The lowest BCUT2D eigenvalue weighted by Crippen LogP contribution is -2.37. The van der Waals surface area contributed by atoms with E-state index < -0.39 is 12.0 Å². The predicted molar refractivity (Wildman–Crippen MR) is 146 cm³/mol. The highest BCUT2D eigenvalue weighted by atomic mass is 35.5. The third-order valence-electron chi connectivity index (χ3n) is 5.63. The maximum Gasteiger partial charge on any atom is 0.338 e. The van der Waals surface area contributed by atoms with Crippen LogP contribution in [0.1, 0.15) is 24.1 Å². The fourth-order valence-electron chi connectivity index (χ4n) is 3.93. The molecule has 0 aliphatic carbocycles. The van der Waals surface area contributed by atoms with E-state index in [0.29, 0.717) is 39.0 Å². The van der Waals surface area contributed by atoms with Crippen molar-refractivity contribution in [2.24, 2.45) is 10.7 Å². The number of rotatable bonds is 9. The van der Waals surface area contributed by atoms with Gasteiger partial charge < -0.3 is 30.6 Å². The van der Waals surface area contributed by atoms with Crippen molar-refractivity contribution in [3.8, 4) is 11.5 Å². The lowest BCUT2D eigenvalue weighted by atomic mass is 9.93.